The Kier molecular flexibility index (Phi) is 7.96. The van der Waals surface area contributed by atoms with Crippen molar-refractivity contribution in [1.82, 2.24) is 10.6 Å². The van der Waals surface area contributed by atoms with Crippen LogP contribution in [-0.2, 0) is 0 Å². The minimum Gasteiger partial charge on any atom is -0.320 e. The largest absolute Gasteiger partial charge is 0.320 e. The van der Waals surface area contributed by atoms with E-state index in [1.165, 1.54) is 25.8 Å². The van der Waals surface area contributed by atoms with Gasteiger partial charge in [-0.1, -0.05) is 13.3 Å². The smallest absolute Gasteiger partial charge is 0.00387 e. The van der Waals surface area contributed by atoms with Gasteiger partial charge in [0.05, 0.1) is 0 Å². The summed E-state index contributed by atoms with van der Waals surface area (Å²) in [6.07, 6.45) is 4.18. The highest BCUT2D eigenvalue weighted by Gasteiger charge is 2.04. The topological polar surface area (TPSA) is 24.1 Å². The zero-order valence-electron chi connectivity index (χ0n) is 8.11. The van der Waals surface area contributed by atoms with Crippen molar-refractivity contribution in [2.45, 2.75) is 39.2 Å². The summed E-state index contributed by atoms with van der Waals surface area (Å²) in [5.41, 5.74) is 0. The molecule has 0 radical (unpaired) electrons. The molecule has 1 saturated heterocycles. The Balaban J connectivity index is 0.000000218. The second-order valence-corrected chi connectivity index (χ2v) is 3.06. The van der Waals surface area contributed by atoms with Crippen molar-refractivity contribution in [1.29, 1.82) is 0 Å². The Hall–Kier alpha value is -0.0800. The fourth-order valence-corrected chi connectivity index (χ4v) is 1.03. The van der Waals surface area contributed by atoms with Gasteiger partial charge in [-0.15, -0.1) is 0 Å². The molecule has 1 rings (SSSR count). The molecule has 0 aromatic rings. The van der Waals surface area contributed by atoms with Gasteiger partial charge in [-0.05, 0) is 39.9 Å². The highest BCUT2D eigenvalue weighted by molar-refractivity contribution is 4.65. The maximum absolute atomic E-state index is 3.38. The number of rotatable bonds is 1. The second kappa shape index (κ2) is 8.02. The van der Waals surface area contributed by atoms with Gasteiger partial charge in [-0.25, -0.2) is 0 Å². The van der Waals surface area contributed by atoms with Gasteiger partial charge in [0.1, 0.15) is 0 Å². The zero-order valence-corrected chi connectivity index (χ0v) is 8.11. The highest BCUT2D eigenvalue weighted by atomic mass is 14.9. The maximum atomic E-state index is 3.38. The Labute approximate surface area is 70.8 Å². The number of nitrogens with one attached hydrogen (secondary N) is 2. The number of hydrogen-bond donors (Lipinski definition) is 2. The van der Waals surface area contributed by atoms with Gasteiger partial charge in [0.25, 0.3) is 0 Å². The Bertz CT molecular complexity index is 66.0. The molecule has 0 aromatic heterocycles. The van der Waals surface area contributed by atoms with Crippen LogP contribution in [0.3, 0.4) is 0 Å². The standard InChI is InChI=1S/C6H13N.C3H9N/c1-6-4-2-3-5-7-6;1-3-4-2/h6-7H,2-5H2,1H3;4H,3H2,1-2H3. The van der Waals surface area contributed by atoms with Crippen LogP contribution >= 0.6 is 0 Å². The molecule has 2 nitrogen and oxygen atoms in total. The fourth-order valence-electron chi connectivity index (χ4n) is 1.03. The predicted molar refractivity (Wildman–Crippen MR) is 50.9 cm³/mol. The quantitative estimate of drug-likeness (QED) is 0.602. The monoisotopic (exact) mass is 158 g/mol. The van der Waals surface area contributed by atoms with E-state index in [2.05, 4.69) is 24.5 Å². The predicted octanol–water partition coefficient (Wildman–Crippen LogP) is 1.37. The van der Waals surface area contributed by atoms with Crippen molar-refractivity contribution < 1.29 is 0 Å². The van der Waals surface area contributed by atoms with Crippen molar-refractivity contribution in [2.75, 3.05) is 20.1 Å². The lowest BCUT2D eigenvalue weighted by Crippen LogP contribution is -2.30. The summed E-state index contributed by atoms with van der Waals surface area (Å²) in [5.74, 6) is 0. The van der Waals surface area contributed by atoms with Gasteiger partial charge in [0.2, 0.25) is 0 Å². The van der Waals surface area contributed by atoms with Crippen LogP contribution < -0.4 is 10.6 Å². The third-order valence-corrected chi connectivity index (χ3v) is 1.91. The molecule has 0 aromatic carbocycles. The van der Waals surface area contributed by atoms with E-state index in [9.17, 15) is 0 Å². The van der Waals surface area contributed by atoms with Gasteiger partial charge in [-0.2, -0.15) is 0 Å². The second-order valence-electron chi connectivity index (χ2n) is 3.06. The van der Waals surface area contributed by atoms with Gasteiger partial charge in [-0.3, -0.25) is 0 Å². The first-order chi connectivity index (χ1) is 5.31. The van der Waals surface area contributed by atoms with E-state index < -0.39 is 0 Å². The first kappa shape index (κ1) is 10.9. The van der Waals surface area contributed by atoms with Gasteiger partial charge < -0.3 is 10.6 Å². The van der Waals surface area contributed by atoms with E-state index in [-0.39, 0.29) is 0 Å². The van der Waals surface area contributed by atoms with Crippen molar-refractivity contribution in [3.63, 3.8) is 0 Å². The molecular formula is C9H22N2. The minimum absolute atomic E-state index is 0.786. The normalized spacial score (nSPS) is 23.7. The number of hydrogen-bond acceptors (Lipinski definition) is 2. The Morgan fingerprint density at radius 2 is 2.09 bits per heavy atom. The Morgan fingerprint density at radius 3 is 2.27 bits per heavy atom. The lowest BCUT2D eigenvalue weighted by molar-refractivity contribution is 0.425. The molecule has 1 aliphatic heterocycles. The third kappa shape index (κ3) is 7.82. The minimum atomic E-state index is 0.786. The molecule has 2 heteroatoms. The van der Waals surface area contributed by atoms with Crippen LogP contribution in [0.15, 0.2) is 0 Å². The molecule has 1 fully saturated rings. The van der Waals surface area contributed by atoms with Gasteiger partial charge in [0.15, 0.2) is 0 Å². The number of piperidine rings is 1. The average molecular weight is 158 g/mol. The maximum Gasteiger partial charge on any atom is 0.00387 e. The van der Waals surface area contributed by atoms with Gasteiger partial charge >= 0.3 is 0 Å². The van der Waals surface area contributed by atoms with E-state index >= 15 is 0 Å². The SMILES string of the molecule is CC1CCCCN1.CCNC. The molecule has 0 spiro atoms. The molecule has 68 valence electrons. The van der Waals surface area contributed by atoms with Crippen molar-refractivity contribution in [2.24, 2.45) is 0 Å². The first-order valence-electron chi connectivity index (χ1n) is 4.69. The molecule has 1 aliphatic rings. The molecule has 0 bridgehead atoms. The molecule has 0 saturated carbocycles. The van der Waals surface area contributed by atoms with Crippen LogP contribution in [-0.4, -0.2) is 26.2 Å². The summed E-state index contributed by atoms with van der Waals surface area (Å²) >= 11 is 0. The van der Waals surface area contributed by atoms with E-state index in [0.29, 0.717) is 0 Å². The van der Waals surface area contributed by atoms with Crippen molar-refractivity contribution >= 4 is 0 Å². The van der Waals surface area contributed by atoms with Crippen LogP contribution in [0.1, 0.15) is 33.1 Å². The summed E-state index contributed by atoms with van der Waals surface area (Å²) < 4.78 is 0. The van der Waals surface area contributed by atoms with Crippen LogP contribution in [0.25, 0.3) is 0 Å². The molecule has 0 aliphatic carbocycles. The first-order valence-corrected chi connectivity index (χ1v) is 4.69. The fraction of sp³-hybridized carbons (Fsp3) is 1.00. The zero-order chi connectivity index (χ0) is 8.53. The summed E-state index contributed by atoms with van der Waals surface area (Å²) in [7, 11) is 1.93. The van der Waals surface area contributed by atoms with E-state index in [4.69, 9.17) is 0 Å². The summed E-state index contributed by atoms with van der Waals surface area (Å²) in [6, 6.07) is 0.786. The summed E-state index contributed by atoms with van der Waals surface area (Å²) in [5, 5.41) is 6.31. The molecule has 2 N–H and O–H groups in total. The summed E-state index contributed by atoms with van der Waals surface area (Å²) in [4.78, 5) is 0. The summed E-state index contributed by atoms with van der Waals surface area (Å²) in [6.45, 7) is 6.63. The van der Waals surface area contributed by atoms with E-state index in [0.717, 1.165) is 12.6 Å². The third-order valence-electron chi connectivity index (χ3n) is 1.91. The molecule has 1 heterocycles. The molecule has 1 atom stereocenters. The molecule has 0 amide bonds. The van der Waals surface area contributed by atoms with Gasteiger partial charge in [0, 0.05) is 6.04 Å². The Morgan fingerprint density at radius 1 is 1.45 bits per heavy atom. The average Bonchev–Trinajstić information content (AvgIpc) is 2.07. The van der Waals surface area contributed by atoms with E-state index in [1.807, 2.05) is 7.05 Å². The van der Waals surface area contributed by atoms with Crippen molar-refractivity contribution in [3.8, 4) is 0 Å². The lowest BCUT2D eigenvalue weighted by Gasteiger charge is -2.18. The highest BCUT2D eigenvalue weighted by Crippen LogP contribution is 2.04. The van der Waals surface area contributed by atoms with Crippen LogP contribution in [0, 0.1) is 0 Å². The molecular weight excluding hydrogens is 136 g/mol. The van der Waals surface area contributed by atoms with Crippen LogP contribution in [0.4, 0.5) is 0 Å². The van der Waals surface area contributed by atoms with Crippen molar-refractivity contribution in [3.05, 3.63) is 0 Å². The van der Waals surface area contributed by atoms with Crippen LogP contribution in [0.2, 0.25) is 0 Å². The molecule has 11 heavy (non-hydrogen) atoms. The van der Waals surface area contributed by atoms with Crippen LogP contribution in [0.5, 0.6) is 0 Å². The lowest BCUT2D eigenvalue weighted by atomic mass is 10.1. The molecule has 1 unspecified atom stereocenters. The van der Waals surface area contributed by atoms with E-state index in [1.54, 1.807) is 0 Å².